The molecule has 4 aromatic rings. The molecule has 1 unspecified atom stereocenters. The van der Waals surface area contributed by atoms with Crippen LogP contribution in [0, 0.1) is 19.7 Å². The third-order valence-corrected chi connectivity index (χ3v) is 5.10. The van der Waals surface area contributed by atoms with Crippen LogP contribution in [0.3, 0.4) is 0 Å². The summed E-state index contributed by atoms with van der Waals surface area (Å²) in [5.74, 6) is 0.543. The normalized spacial score (nSPS) is 12.6. The van der Waals surface area contributed by atoms with E-state index in [1.807, 2.05) is 37.4 Å². The predicted molar refractivity (Wildman–Crippen MR) is 101 cm³/mol. The van der Waals surface area contributed by atoms with Crippen molar-refractivity contribution in [1.29, 1.82) is 0 Å². The molecule has 3 heterocycles. The minimum atomic E-state index is -0.263. The van der Waals surface area contributed by atoms with Crippen LogP contribution < -0.4 is 0 Å². The smallest absolute Gasteiger partial charge is 0.210 e. The fourth-order valence-electron chi connectivity index (χ4n) is 2.90. The SMILES string of the molecule is Cc1cc(C)n2nc(SC(C)c3ncc(-c4cccc(F)c4)[nH]3)nc2c1. The lowest BCUT2D eigenvalue weighted by atomic mass is 10.2. The highest BCUT2D eigenvalue weighted by molar-refractivity contribution is 7.99. The Bertz CT molecular complexity index is 1080. The summed E-state index contributed by atoms with van der Waals surface area (Å²) in [6.07, 6.45) is 1.73. The lowest BCUT2D eigenvalue weighted by molar-refractivity contribution is 0.628. The number of hydrogen-bond donors (Lipinski definition) is 1. The number of aryl methyl sites for hydroxylation is 2. The Morgan fingerprint density at radius 3 is 2.85 bits per heavy atom. The second-order valence-corrected chi connectivity index (χ2v) is 7.60. The second kappa shape index (κ2) is 6.57. The number of aromatic nitrogens is 5. The molecule has 0 aliphatic rings. The minimum Gasteiger partial charge on any atom is -0.341 e. The van der Waals surface area contributed by atoms with Gasteiger partial charge < -0.3 is 4.98 Å². The van der Waals surface area contributed by atoms with Crippen molar-refractivity contribution in [1.82, 2.24) is 24.6 Å². The number of halogens is 1. The van der Waals surface area contributed by atoms with Gasteiger partial charge in [-0.05, 0) is 50.6 Å². The second-order valence-electron chi connectivity index (χ2n) is 6.29. The van der Waals surface area contributed by atoms with Crippen molar-refractivity contribution in [3.63, 3.8) is 0 Å². The molecular weight excluding hydrogens is 349 g/mol. The van der Waals surface area contributed by atoms with Crippen molar-refractivity contribution in [2.24, 2.45) is 0 Å². The Balaban J connectivity index is 1.57. The number of nitrogens with one attached hydrogen (secondary N) is 1. The molecule has 4 rings (SSSR count). The van der Waals surface area contributed by atoms with Crippen LogP contribution in [0.25, 0.3) is 16.9 Å². The van der Waals surface area contributed by atoms with Gasteiger partial charge in [-0.1, -0.05) is 23.9 Å². The van der Waals surface area contributed by atoms with Gasteiger partial charge in [-0.25, -0.2) is 18.9 Å². The van der Waals surface area contributed by atoms with Crippen molar-refractivity contribution in [3.05, 3.63) is 65.5 Å². The van der Waals surface area contributed by atoms with Crippen molar-refractivity contribution < 1.29 is 4.39 Å². The van der Waals surface area contributed by atoms with Crippen LogP contribution >= 0.6 is 11.8 Å². The van der Waals surface area contributed by atoms with E-state index in [2.05, 4.69) is 26.1 Å². The lowest BCUT2D eigenvalue weighted by Crippen LogP contribution is -1.95. The monoisotopic (exact) mass is 367 g/mol. The number of thioether (sulfide) groups is 1. The molecule has 1 atom stereocenters. The van der Waals surface area contributed by atoms with Crippen LogP contribution in [0.15, 0.2) is 47.8 Å². The van der Waals surface area contributed by atoms with Crippen LogP contribution in [0.4, 0.5) is 4.39 Å². The minimum absolute atomic E-state index is 0.0381. The first-order valence-corrected chi connectivity index (χ1v) is 9.19. The zero-order valence-electron chi connectivity index (χ0n) is 14.7. The molecule has 1 aromatic carbocycles. The molecule has 7 heteroatoms. The summed E-state index contributed by atoms with van der Waals surface area (Å²) in [5, 5.41) is 5.31. The molecule has 0 radical (unpaired) electrons. The van der Waals surface area contributed by atoms with E-state index in [0.29, 0.717) is 5.16 Å². The Morgan fingerprint density at radius 2 is 2.04 bits per heavy atom. The van der Waals surface area contributed by atoms with Crippen LogP contribution in [0.1, 0.15) is 29.3 Å². The Hall–Kier alpha value is -2.67. The summed E-state index contributed by atoms with van der Waals surface area (Å²) in [6.45, 7) is 6.11. The topological polar surface area (TPSA) is 58.9 Å². The summed E-state index contributed by atoms with van der Waals surface area (Å²) in [5.41, 5.74) is 4.63. The fourth-order valence-corrected chi connectivity index (χ4v) is 3.73. The molecular formula is C19H18FN5S. The van der Waals surface area contributed by atoms with Crippen molar-refractivity contribution >= 4 is 17.4 Å². The fraction of sp³-hybridized carbons (Fsp3) is 0.211. The highest BCUT2D eigenvalue weighted by Gasteiger charge is 2.16. The third kappa shape index (κ3) is 3.22. The van der Waals surface area contributed by atoms with Gasteiger partial charge in [0, 0.05) is 11.3 Å². The summed E-state index contributed by atoms with van der Waals surface area (Å²) < 4.78 is 15.3. The van der Waals surface area contributed by atoms with Crippen molar-refractivity contribution in [3.8, 4) is 11.3 Å². The van der Waals surface area contributed by atoms with Crippen LogP contribution in [-0.2, 0) is 0 Å². The van der Waals surface area contributed by atoms with Gasteiger partial charge in [0.1, 0.15) is 11.6 Å². The zero-order valence-corrected chi connectivity index (χ0v) is 15.5. The van der Waals surface area contributed by atoms with E-state index in [4.69, 9.17) is 0 Å². The molecule has 0 saturated carbocycles. The molecule has 5 nitrogen and oxygen atoms in total. The standard InChI is InChI=1S/C19H18FN5S/c1-11-7-12(2)25-17(8-11)23-19(24-25)26-13(3)18-21-10-16(22-18)14-5-4-6-15(20)9-14/h4-10,13H,1-3H3,(H,21,22). The first-order valence-electron chi connectivity index (χ1n) is 8.31. The maximum absolute atomic E-state index is 13.4. The first-order chi connectivity index (χ1) is 12.5. The molecule has 0 bridgehead atoms. The molecule has 0 fully saturated rings. The largest absolute Gasteiger partial charge is 0.341 e. The van der Waals surface area contributed by atoms with E-state index < -0.39 is 0 Å². The Labute approximate surface area is 154 Å². The molecule has 1 N–H and O–H groups in total. The van der Waals surface area contributed by atoms with E-state index in [0.717, 1.165) is 34.0 Å². The Kier molecular flexibility index (Phi) is 4.24. The van der Waals surface area contributed by atoms with E-state index in [9.17, 15) is 4.39 Å². The highest BCUT2D eigenvalue weighted by atomic mass is 32.2. The number of H-pyrrole nitrogens is 1. The summed E-state index contributed by atoms with van der Waals surface area (Å²) in [4.78, 5) is 12.3. The quantitative estimate of drug-likeness (QED) is 0.530. The van der Waals surface area contributed by atoms with E-state index in [1.165, 1.54) is 23.9 Å². The molecule has 0 saturated heterocycles. The van der Waals surface area contributed by atoms with Crippen LogP contribution in [0.5, 0.6) is 0 Å². The van der Waals surface area contributed by atoms with E-state index >= 15 is 0 Å². The molecule has 0 amide bonds. The lowest BCUT2D eigenvalue weighted by Gasteiger charge is -2.04. The molecule has 26 heavy (non-hydrogen) atoms. The molecule has 0 aliphatic carbocycles. The molecule has 0 spiro atoms. The third-order valence-electron chi connectivity index (χ3n) is 4.14. The van der Waals surface area contributed by atoms with Crippen LogP contribution in [0.2, 0.25) is 0 Å². The van der Waals surface area contributed by atoms with Crippen LogP contribution in [-0.4, -0.2) is 24.6 Å². The molecule has 132 valence electrons. The maximum atomic E-state index is 13.4. The number of benzene rings is 1. The van der Waals surface area contributed by atoms with Gasteiger partial charge in [0.15, 0.2) is 5.65 Å². The van der Waals surface area contributed by atoms with Gasteiger partial charge in [-0.15, -0.1) is 5.10 Å². The number of hydrogen-bond acceptors (Lipinski definition) is 4. The molecule has 3 aromatic heterocycles. The number of rotatable bonds is 4. The number of fused-ring (bicyclic) bond motifs is 1. The van der Waals surface area contributed by atoms with Gasteiger partial charge in [0.2, 0.25) is 5.16 Å². The van der Waals surface area contributed by atoms with Gasteiger partial charge in [0.25, 0.3) is 0 Å². The van der Waals surface area contributed by atoms with E-state index in [-0.39, 0.29) is 11.1 Å². The first kappa shape index (κ1) is 16.8. The average molecular weight is 367 g/mol. The summed E-state index contributed by atoms with van der Waals surface area (Å²) >= 11 is 1.54. The Morgan fingerprint density at radius 1 is 1.19 bits per heavy atom. The highest BCUT2D eigenvalue weighted by Crippen LogP contribution is 2.32. The van der Waals surface area contributed by atoms with Gasteiger partial charge >= 0.3 is 0 Å². The number of imidazole rings is 1. The van der Waals surface area contributed by atoms with E-state index in [1.54, 1.807) is 12.3 Å². The summed E-state index contributed by atoms with van der Waals surface area (Å²) in [7, 11) is 0. The van der Waals surface area contributed by atoms with Crippen molar-refractivity contribution in [2.75, 3.05) is 0 Å². The predicted octanol–water partition coefficient (Wildman–Crippen LogP) is 4.73. The zero-order chi connectivity index (χ0) is 18.3. The summed E-state index contributed by atoms with van der Waals surface area (Å²) in [6, 6.07) is 10.6. The maximum Gasteiger partial charge on any atom is 0.210 e. The number of aromatic amines is 1. The van der Waals surface area contributed by atoms with Gasteiger partial charge in [0.05, 0.1) is 17.1 Å². The van der Waals surface area contributed by atoms with Gasteiger partial charge in [-0.3, -0.25) is 0 Å². The number of nitrogens with zero attached hydrogens (tertiary/aromatic N) is 4. The average Bonchev–Trinajstić information content (AvgIpc) is 3.21. The van der Waals surface area contributed by atoms with Gasteiger partial charge in [-0.2, -0.15) is 0 Å². The van der Waals surface area contributed by atoms with Crippen molar-refractivity contribution in [2.45, 2.75) is 31.2 Å². The number of pyridine rings is 1. The molecule has 0 aliphatic heterocycles.